The van der Waals surface area contributed by atoms with E-state index in [1.807, 2.05) is 13.8 Å². The predicted molar refractivity (Wildman–Crippen MR) is 71.9 cm³/mol. The number of aromatic nitrogens is 2. The van der Waals surface area contributed by atoms with E-state index in [0.717, 1.165) is 0 Å². The number of hydrogen-bond donors (Lipinski definition) is 1. The number of para-hydroxylation sites is 1. The third-order valence-corrected chi connectivity index (χ3v) is 3.03. The van der Waals surface area contributed by atoms with Crippen molar-refractivity contribution in [3.63, 3.8) is 0 Å². The fourth-order valence-corrected chi connectivity index (χ4v) is 2.02. The summed E-state index contributed by atoms with van der Waals surface area (Å²) in [7, 11) is 0. The molecular formula is C13H13ClFN3O. The highest BCUT2D eigenvalue weighted by Crippen LogP contribution is 2.25. The summed E-state index contributed by atoms with van der Waals surface area (Å²) >= 11 is 5.99. The van der Waals surface area contributed by atoms with Crippen LogP contribution in [0.1, 0.15) is 35.9 Å². The molecule has 2 aromatic rings. The molecule has 0 unspecified atom stereocenters. The first-order chi connectivity index (χ1) is 8.93. The second-order valence-corrected chi connectivity index (χ2v) is 4.82. The molecule has 0 atom stereocenters. The molecule has 6 heteroatoms. The molecule has 2 N–H and O–H groups in total. The zero-order chi connectivity index (χ0) is 14.2. The number of nitrogens with two attached hydrogens (primary N) is 1. The van der Waals surface area contributed by atoms with Gasteiger partial charge in [0, 0.05) is 6.04 Å². The van der Waals surface area contributed by atoms with Crippen molar-refractivity contribution in [3.05, 3.63) is 46.5 Å². The van der Waals surface area contributed by atoms with E-state index in [1.54, 1.807) is 0 Å². The van der Waals surface area contributed by atoms with Crippen LogP contribution in [0, 0.1) is 5.82 Å². The van der Waals surface area contributed by atoms with Gasteiger partial charge in [-0.15, -0.1) is 0 Å². The maximum atomic E-state index is 13.4. The van der Waals surface area contributed by atoms with Gasteiger partial charge in [0.2, 0.25) is 5.78 Å². The Morgan fingerprint density at radius 1 is 1.47 bits per heavy atom. The first-order valence-electron chi connectivity index (χ1n) is 5.75. The Bertz CT molecular complexity index is 637. The smallest absolute Gasteiger partial charge is 0.214 e. The summed E-state index contributed by atoms with van der Waals surface area (Å²) in [6, 6.07) is 4.06. The van der Waals surface area contributed by atoms with E-state index < -0.39 is 11.6 Å². The normalized spacial score (nSPS) is 11.0. The van der Waals surface area contributed by atoms with Gasteiger partial charge in [0.05, 0.1) is 22.5 Å². The highest BCUT2D eigenvalue weighted by Gasteiger charge is 2.23. The van der Waals surface area contributed by atoms with Gasteiger partial charge in [0.25, 0.3) is 0 Å². The molecule has 0 saturated heterocycles. The molecule has 0 bridgehead atoms. The molecule has 0 aliphatic rings. The van der Waals surface area contributed by atoms with Crippen molar-refractivity contribution in [1.82, 2.24) is 9.78 Å². The Morgan fingerprint density at radius 2 is 2.16 bits per heavy atom. The predicted octanol–water partition coefficient (Wildman–Crippen LogP) is 3.07. The summed E-state index contributed by atoms with van der Waals surface area (Å²) in [5.74, 6) is -1.06. The molecule has 0 saturated carbocycles. The summed E-state index contributed by atoms with van der Waals surface area (Å²) in [5, 5.41) is 4.27. The second kappa shape index (κ2) is 5.01. The van der Waals surface area contributed by atoms with Crippen molar-refractivity contribution in [2.45, 2.75) is 19.9 Å². The minimum atomic E-state index is -0.627. The van der Waals surface area contributed by atoms with E-state index in [-0.39, 0.29) is 28.0 Å². The van der Waals surface area contributed by atoms with Crippen LogP contribution in [-0.2, 0) is 0 Å². The van der Waals surface area contributed by atoms with Gasteiger partial charge in [-0.3, -0.25) is 9.48 Å². The highest BCUT2D eigenvalue weighted by molar-refractivity contribution is 6.34. The average molecular weight is 282 g/mol. The van der Waals surface area contributed by atoms with Gasteiger partial charge in [-0.25, -0.2) is 4.39 Å². The van der Waals surface area contributed by atoms with Crippen LogP contribution in [0.15, 0.2) is 24.4 Å². The molecule has 0 aliphatic carbocycles. The van der Waals surface area contributed by atoms with Crippen LogP contribution in [0.3, 0.4) is 0 Å². The van der Waals surface area contributed by atoms with Gasteiger partial charge in [-0.1, -0.05) is 17.7 Å². The molecule has 0 amide bonds. The summed E-state index contributed by atoms with van der Waals surface area (Å²) in [5.41, 5.74) is 5.72. The van der Waals surface area contributed by atoms with E-state index in [0.29, 0.717) is 0 Å². The van der Waals surface area contributed by atoms with E-state index in [4.69, 9.17) is 17.3 Å². The number of carbonyl (C=O) groups is 1. The van der Waals surface area contributed by atoms with Crippen molar-refractivity contribution in [2.24, 2.45) is 0 Å². The molecule has 1 heterocycles. The van der Waals surface area contributed by atoms with Gasteiger partial charge in [0.1, 0.15) is 11.5 Å². The largest absolute Gasteiger partial charge is 0.396 e. The molecule has 100 valence electrons. The van der Waals surface area contributed by atoms with Crippen LogP contribution < -0.4 is 5.73 Å². The van der Waals surface area contributed by atoms with Gasteiger partial charge in [0.15, 0.2) is 0 Å². The Hall–Kier alpha value is -1.88. The molecule has 1 aromatic heterocycles. The lowest BCUT2D eigenvalue weighted by atomic mass is 10.1. The van der Waals surface area contributed by atoms with Gasteiger partial charge in [-0.05, 0) is 26.0 Å². The topological polar surface area (TPSA) is 60.9 Å². The third-order valence-electron chi connectivity index (χ3n) is 2.75. The number of rotatable bonds is 3. The summed E-state index contributed by atoms with van der Waals surface area (Å²) in [6.07, 6.45) is 1.39. The van der Waals surface area contributed by atoms with E-state index in [1.165, 1.54) is 29.1 Å². The zero-order valence-corrected chi connectivity index (χ0v) is 11.3. The first kappa shape index (κ1) is 13.5. The van der Waals surface area contributed by atoms with Crippen LogP contribution in [-0.4, -0.2) is 15.6 Å². The van der Waals surface area contributed by atoms with Gasteiger partial charge in [-0.2, -0.15) is 5.10 Å². The molecule has 0 fully saturated rings. The quantitative estimate of drug-likeness (QED) is 0.695. The van der Waals surface area contributed by atoms with E-state index in [9.17, 15) is 9.18 Å². The number of benzene rings is 1. The Kier molecular flexibility index (Phi) is 3.57. The zero-order valence-electron chi connectivity index (χ0n) is 10.5. The standard InChI is InChI=1S/C13H13ClFN3O/c1-7(2)18-12(9(14)6-17-18)13(19)8-4-3-5-10(15)11(8)16/h3-7H,16H2,1-2H3. The number of nitrogen functional groups attached to an aromatic ring is 1. The molecule has 1 aromatic carbocycles. The van der Waals surface area contributed by atoms with E-state index >= 15 is 0 Å². The van der Waals surface area contributed by atoms with E-state index in [2.05, 4.69) is 5.10 Å². The maximum Gasteiger partial charge on any atom is 0.214 e. The molecule has 0 spiro atoms. The molecular weight excluding hydrogens is 269 g/mol. The van der Waals surface area contributed by atoms with Crippen LogP contribution in [0.25, 0.3) is 0 Å². The minimum absolute atomic E-state index is 0.0405. The lowest BCUT2D eigenvalue weighted by Crippen LogP contribution is -2.15. The van der Waals surface area contributed by atoms with Crippen LogP contribution in [0.5, 0.6) is 0 Å². The first-order valence-corrected chi connectivity index (χ1v) is 6.13. The average Bonchev–Trinajstić information content (AvgIpc) is 2.74. The monoisotopic (exact) mass is 281 g/mol. The molecule has 0 radical (unpaired) electrons. The van der Waals surface area contributed by atoms with Crippen molar-refractivity contribution < 1.29 is 9.18 Å². The second-order valence-electron chi connectivity index (χ2n) is 4.41. The fourth-order valence-electron chi connectivity index (χ4n) is 1.81. The number of halogens is 2. The lowest BCUT2D eigenvalue weighted by molar-refractivity contribution is 0.102. The minimum Gasteiger partial charge on any atom is -0.396 e. The van der Waals surface area contributed by atoms with Gasteiger partial charge >= 0.3 is 0 Å². The number of anilines is 1. The van der Waals surface area contributed by atoms with Crippen LogP contribution >= 0.6 is 11.6 Å². The summed E-state index contributed by atoms with van der Waals surface area (Å²) in [6.45, 7) is 3.74. The highest BCUT2D eigenvalue weighted by atomic mass is 35.5. The van der Waals surface area contributed by atoms with Crippen LogP contribution in [0.4, 0.5) is 10.1 Å². The van der Waals surface area contributed by atoms with Crippen molar-refractivity contribution in [1.29, 1.82) is 0 Å². The number of nitrogens with zero attached hydrogens (tertiary/aromatic N) is 2. The maximum absolute atomic E-state index is 13.4. The van der Waals surface area contributed by atoms with Crippen LogP contribution in [0.2, 0.25) is 5.02 Å². The Morgan fingerprint density at radius 3 is 2.79 bits per heavy atom. The molecule has 4 nitrogen and oxygen atoms in total. The summed E-state index contributed by atoms with van der Waals surface area (Å²) in [4.78, 5) is 12.4. The number of hydrogen-bond acceptors (Lipinski definition) is 3. The van der Waals surface area contributed by atoms with Crippen molar-refractivity contribution in [2.75, 3.05) is 5.73 Å². The van der Waals surface area contributed by atoms with Gasteiger partial charge < -0.3 is 5.73 Å². The SMILES string of the molecule is CC(C)n1ncc(Cl)c1C(=O)c1cccc(F)c1N. The van der Waals surface area contributed by atoms with Crippen molar-refractivity contribution in [3.8, 4) is 0 Å². The third kappa shape index (κ3) is 2.33. The Balaban J connectivity index is 2.56. The number of ketones is 1. The van der Waals surface area contributed by atoms with Crippen molar-refractivity contribution >= 4 is 23.1 Å². The summed E-state index contributed by atoms with van der Waals surface area (Å²) < 4.78 is 14.9. The molecule has 0 aliphatic heterocycles. The Labute approximate surface area is 115 Å². The fraction of sp³-hybridized carbons (Fsp3) is 0.231. The molecule has 19 heavy (non-hydrogen) atoms. The number of carbonyl (C=O) groups excluding carboxylic acids is 1. The lowest BCUT2D eigenvalue weighted by Gasteiger charge is -2.11. The molecule has 2 rings (SSSR count).